The Balaban J connectivity index is 5.17. The van der Waals surface area contributed by atoms with Gasteiger partial charge in [0.15, 0.2) is 0 Å². The Morgan fingerprint density at radius 3 is 1.93 bits per heavy atom. The summed E-state index contributed by atoms with van der Waals surface area (Å²) in [5, 5.41) is 16.5. The highest BCUT2D eigenvalue weighted by Gasteiger charge is 2.29. The number of nitrogens with two attached hydrogens (primary N) is 2. The van der Waals surface area contributed by atoms with E-state index in [-0.39, 0.29) is 25.0 Å². The zero-order valence-corrected chi connectivity index (χ0v) is 18.1. The molecule has 166 valence electrons. The Labute approximate surface area is 178 Å². The second kappa shape index (κ2) is 14.1. The molecule has 4 atom stereocenters. The van der Waals surface area contributed by atoms with Gasteiger partial charge in [0, 0.05) is 12.2 Å². The minimum absolute atomic E-state index is 0.0302. The van der Waals surface area contributed by atoms with Crippen LogP contribution in [0.4, 0.5) is 0 Å². The monoisotopic (exact) mass is 451 g/mol. The van der Waals surface area contributed by atoms with Gasteiger partial charge in [0.25, 0.3) is 0 Å². The van der Waals surface area contributed by atoms with Gasteiger partial charge in [0.2, 0.25) is 23.6 Å². The second-order valence-electron chi connectivity index (χ2n) is 6.28. The van der Waals surface area contributed by atoms with Crippen molar-refractivity contribution >= 4 is 54.0 Å². The topological polar surface area (TPSA) is 194 Å². The fraction of sp³-hybridized carbons (Fsp3) is 0.688. The number of carboxylic acid groups (broad SMARTS) is 1. The Morgan fingerprint density at radius 1 is 0.966 bits per heavy atom. The van der Waals surface area contributed by atoms with E-state index in [9.17, 15) is 29.1 Å². The quantitative estimate of drug-likeness (QED) is 0.145. The van der Waals surface area contributed by atoms with Crippen molar-refractivity contribution in [2.24, 2.45) is 11.5 Å². The summed E-state index contributed by atoms with van der Waals surface area (Å²) in [6.45, 7) is 1.45. The third-order valence-electron chi connectivity index (χ3n) is 3.77. The zero-order valence-electron chi connectivity index (χ0n) is 16.3. The number of carbonyl (C=O) groups excluding carboxylic acids is 4. The number of amides is 4. The van der Waals surface area contributed by atoms with E-state index >= 15 is 0 Å². The van der Waals surface area contributed by atoms with E-state index in [2.05, 4.69) is 28.6 Å². The van der Waals surface area contributed by atoms with Gasteiger partial charge in [-0.3, -0.25) is 19.2 Å². The molecular weight excluding hydrogens is 422 g/mol. The normalized spacial score (nSPS) is 14.8. The van der Waals surface area contributed by atoms with Crippen molar-refractivity contribution in [2.75, 3.05) is 17.8 Å². The number of thiol groups is 1. The maximum atomic E-state index is 12.5. The minimum atomic E-state index is -1.33. The number of aliphatic carboxylic acids is 1. The van der Waals surface area contributed by atoms with Crippen LogP contribution in [-0.4, -0.2) is 76.6 Å². The fourth-order valence-corrected chi connectivity index (χ4v) is 2.82. The molecule has 0 bridgehead atoms. The van der Waals surface area contributed by atoms with E-state index in [1.807, 2.05) is 6.26 Å². The van der Waals surface area contributed by atoms with Gasteiger partial charge in [0.05, 0.1) is 6.04 Å². The molecule has 0 aromatic carbocycles. The van der Waals surface area contributed by atoms with E-state index in [1.165, 1.54) is 18.7 Å². The third-order valence-corrected chi connectivity index (χ3v) is 4.78. The molecule has 0 aromatic heterocycles. The minimum Gasteiger partial charge on any atom is -0.480 e. The van der Waals surface area contributed by atoms with Gasteiger partial charge in [-0.15, -0.1) is 0 Å². The number of primary amides is 1. The third kappa shape index (κ3) is 10.9. The van der Waals surface area contributed by atoms with Crippen LogP contribution in [-0.2, 0) is 24.0 Å². The van der Waals surface area contributed by atoms with Gasteiger partial charge in [-0.05, 0) is 31.8 Å². The van der Waals surface area contributed by atoms with Crippen LogP contribution >= 0.6 is 24.4 Å². The molecule has 11 nitrogen and oxygen atoms in total. The molecule has 4 amide bonds. The van der Waals surface area contributed by atoms with Crippen molar-refractivity contribution in [2.45, 2.75) is 50.4 Å². The molecule has 0 radical (unpaired) electrons. The highest BCUT2D eigenvalue weighted by molar-refractivity contribution is 7.98. The highest BCUT2D eigenvalue weighted by atomic mass is 32.2. The largest absolute Gasteiger partial charge is 0.480 e. The lowest BCUT2D eigenvalue weighted by atomic mass is 10.1. The van der Waals surface area contributed by atoms with Crippen LogP contribution < -0.4 is 27.4 Å². The molecule has 0 aromatic rings. The Bertz CT molecular complexity index is 604. The molecule has 0 aliphatic heterocycles. The SMILES string of the molecule is CSCCC(NC(=O)C(CS)NC(=O)C(C)N)C(=O)NC(CCC(N)=O)C(=O)O. The van der Waals surface area contributed by atoms with Gasteiger partial charge in [-0.2, -0.15) is 24.4 Å². The first-order valence-electron chi connectivity index (χ1n) is 8.81. The smallest absolute Gasteiger partial charge is 0.326 e. The van der Waals surface area contributed by atoms with E-state index in [1.54, 1.807) is 0 Å². The van der Waals surface area contributed by atoms with Gasteiger partial charge >= 0.3 is 5.97 Å². The highest BCUT2D eigenvalue weighted by Crippen LogP contribution is 2.05. The molecule has 0 aliphatic carbocycles. The average Bonchev–Trinajstić information content (AvgIpc) is 2.64. The number of hydrogen-bond donors (Lipinski definition) is 7. The van der Waals surface area contributed by atoms with Gasteiger partial charge in [0.1, 0.15) is 18.1 Å². The Hall–Kier alpha value is -1.99. The van der Waals surface area contributed by atoms with Crippen LogP contribution in [0.3, 0.4) is 0 Å². The number of hydrogen-bond acceptors (Lipinski definition) is 8. The van der Waals surface area contributed by atoms with Crippen LogP contribution in [0.15, 0.2) is 0 Å². The summed E-state index contributed by atoms with van der Waals surface area (Å²) in [5.74, 6) is -3.47. The van der Waals surface area contributed by atoms with Gasteiger partial charge in [-0.25, -0.2) is 4.79 Å². The number of rotatable bonds is 14. The predicted octanol–water partition coefficient (Wildman–Crippen LogP) is -2.18. The molecule has 0 heterocycles. The first-order valence-corrected chi connectivity index (χ1v) is 10.8. The van der Waals surface area contributed by atoms with Crippen LogP contribution in [0.25, 0.3) is 0 Å². The molecule has 0 saturated carbocycles. The van der Waals surface area contributed by atoms with Crippen LogP contribution in [0.5, 0.6) is 0 Å². The molecule has 0 fully saturated rings. The molecule has 0 aliphatic rings. The second-order valence-corrected chi connectivity index (χ2v) is 7.63. The summed E-state index contributed by atoms with van der Waals surface area (Å²) >= 11 is 5.46. The summed E-state index contributed by atoms with van der Waals surface area (Å²) < 4.78 is 0. The van der Waals surface area contributed by atoms with E-state index in [0.29, 0.717) is 5.75 Å². The van der Waals surface area contributed by atoms with E-state index in [4.69, 9.17) is 11.5 Å². The summed E-state index contributed by atoms with van der Waals surface area (Å²) in [7, 11) is 0. The van der Waals surface area contributed by atoms with Crippen molar-refractivity contribution in [3.05, 3.63) is 0 Å². The van der Waals surface area contributed by atoms with E-state index < -0.39 is 53.8 Å². The van der Waals surface area contributed by atoms with Crippen molar-refractivity contribution < 1.29 is 29.1 Å². The van der Waals surface area contributed by atoms with Crippen LogP contribution in [0.2, 0.25) is 0 Å². The lowest BCUT2D eigenvalue weighted by molar-refractivity contribution is -0.142. The summed E-state index contributed by atoms with van der Waals surface area (Å²) in [6.07, 6.45) is 1.64. The van der Waals surface area contributed by atoms with Gasteiger partial charge in [-0.1, -0.05) is 0 Å². The first-order chi connectivity index (χ1) is 13.5. The molecule has 0 saturated heterocycles. The Morgan fingerprint density at radius 2 is 1.48 bits per heavy atom. The number of carbonyl (C=O) groups is 5. The average molecular weight is 452 g/mol. The Kier molecular flexibility index (Phi) is 13.1. The predicted molar refractivity (Wildman–Crippen MR) is 112 cm³/mol. The molecule has 29 heavy (non-hydrogen) atoms. The lowest BCUT2D eigenvalue weighted by Crippen LogP contribution is -2.57. The zero-order chi connectivity index (χ0) is 22.6. The first kappa shape index (κ1) is 27.0. The van der Waals surface area contributed by atoms with Gasteiger partial charge < -0.3 is 32.5 Å². The number of thioether (sulfide) groups is 1. The molecule has 0 rings (SSSR count). The summed E-state index contributed by atoms with van der Waals surface area (Å²) in [5.41, 5.74) is 10.5. The van der Waals surface area contributed by atoms with Crippen molar-refractivity contribution in [3.8, 4) is 0 Å². The lowest BCUT2D eigenvalue weighted by Gasteiger charge is -2.24. The van der Waals surface area contributed by atoms with Crippen LogP contribution in [0, 0.1) is 0 Å². The summed E-state index contributed by atoms with van der Waals surface area (Å²) in [4.78, 5) is 58.9. The van der Waals surface area contributed by atoms with Crippen LogP contribution in [0.1, 0.15) is 26.2 Å². The van der Waals surface area contributed by atoms with Crippen molar-refractivity contribution in [3.63, 3.8) is 0 Å². The standard InChI is InChI=1S/C16H29N5O6S2/c1-8(17)13(23)21-11(7-28)15(25)19-9(5-6-29-2)14(24)20-10(16(26)27)3-4-12(18)22/h8-11,28H,3-7,17H2,1-2H3,(H2,18,22)(H,19,25)(H,20,24)(H,21,23)(H,26,27). The summed E-state index contributed by atoms with van der Waals surface area (Å²) in [6, 6.07) is -4.23. The molecular formula is C16H29N5O6S2. The fourth-order valence-electron chi connectivity index (χ4n) is 2.09. The molecule has 13 heteroatoms. The molecule has 8 N–H and O–H groups in total. The number of carboxylic acids is 1. The maximum Gasteiger partial charge on any atom is 0.326 e. The maximum absolute atomic E-state index is 12.5. The van der Waals surface area contributed by atoms with Crippen molar-refractivity contribution in [1.29, 1.82) is 0 Å². The number of nitrogens with one attached hydrogen (secondary N) is 3. The van der Waals surface area contributed by atoms with Crippen molar-refractivity contribution in [1.82, 2.24) is 16.0 Å². The molecule has 0 spiro atoms. The molecule has 4 unspecified atom stereocenters. The van der Waals surface area contributed by atoms with E-state index in [0.717, 1.165) is 0 Å².